The summed E-state index contributed by atoms with van der Waals surface area (Å²) in [5.74, 6) is 2.23. The molecule has 0 saturated heterocycles. The van der Waals surface area contributed by atoms with Gasteiger partial charge in [0, 0.05) is 18.3 Å². The molecule has 0 aliphatic heterocycles. The lowest BCUT2D eigenvalue weighted by Gasteiger charge is -2.15. The van der Waals surface area contributed by atoms with E-state index in [0.717, 1.165) is 40.8 Å². The molecule has 0 saturated carbocycles. The fourth-order valence-electron chi connectivity index (χ4n) is 3.70. The molecule has 0 spiro atoms. The van der Waals surface area contributed by atoms with Gasteiger partial charge >= 0.3 is 0 Å². The Balaban J connectivity index is 1.78. The number of hydrogen-bond donors (Lipinski definition) is 1. The van der Waals surface area contributed by atoms with E-state index in [1.54, 1.807) is 6.92 Å². The molecule has 9 heteroatoms. The number of aromatic nitrogens is 3. The monoisotopic (exact) mass is 486 g/mol. The fourth-order valence-corrected chi connectivity index (χ4v) is 4.30. The zero-order chi connectivity index (χ0) is 24.9. The van der Waals surface area contributed by atoms with Crippen molar-refractivity contribution in [2.75, 3.05) is 18.9 Å². The summed E-state index contributed by atoms with van der Waals surface area (Å²) in [6, 6.07) is 5.92. The first kappa shape index (κ1) is 25.8. The van der Waals surface area contributed by atoms with Gasteiger partial charge in [-0.15, -0.1) is 0 Å². The van der Waals surface area contributed by atoms with Crippen LogP contribution in [0.2, 0.25) is 0 Å². The molecule has 0 fully saturated rings. The summed E-state index contributed by atoms with van der Waals surface area (Å²) < 4.78 is 37.1. The summed E-state index contributed by atoms with van der Waals surface area (Å²) in [4.78, 5) is 9.12. The summed E-state index contributed by atoms with van der Waals surface area (Å²) in [6.45, 7) is 12.5. The minimum atomic E-state index is -3.24. The number of aryl methyl sites for hydroxylation is 3. The Morgan fingerprint density at radius 3 is 2.50 bits per heavy atom. The number of nitrogens with zero attached hydrogens (tertiary/aromatic N) is 3. The van der Waals surface area contributed by atoms with Gasteiger partial charge in [-0.3, -0.25) is 4.98 Å². The number of benzene rings is 1. The van der Waals surface area contributed by atoms with E-state index in [4.69, 9.17) is 9.26 Å². The highest BCUT2D eigenvalue weighted by Gasteiger charge is 2.17. The lowest BCUT2D eigenvalue weighted by Crippen LogP contribution is -2.29. The van der Waals surface area contributed by atoms with Crippen molar-refractivity contribution < 1.29 is 17.7 Å². The Labute approximate surface area is 202 Å². The molecule has 0 bridgehead atoms. The van der Waals surface area contributed by atoms with Gasteiger partial charge in [-0.05, 0) is 80.0 Å². The predicted octanol–water partition coefficient (Wildman–Crippen LogP) is 4.49. The molecule has 0 aliphatic carbocycles. The molecule has 0 radical (unpaired) electrons. The van der Waals surface area contributed by atoms with E-state index in [0.29, 0.717) is 23.3 Å². The zero-order valence-corrected chi connectivity index (χ0v) is 21.6. The van der Waals surface area contributed by atoms with Crippen LogP contribution >= 0.6 is 0 Å². The molecule has 184 valence electrons. The lowest BCUT2D eigenvalue weighted by molar-refractivity contribution is 0.317. The molecule has 0 aliphatic rings. The molecular weight excluding hydrogens is 452 g/mol. The largest absolute Gasteiger partial charge is 0.492 e. The van der Waals surface area contributed by atoms with E-state index in [2.05, 4.69) is 40.6 Å². The minimum Gasteiger partial charge on any atom is -0.492 e. The summed E-state index contributed by atoms with van der Waals surface area (Å²) >= 11 is 0. The Hall–Kier alpha value is -2.78. The van der Waals surface area contributed by atoms with Gasteiger partial charge in [-0.2, -0.15) is 4.98 Å². The van der Waals surface area contributed by atoms with Crippen LogP contribution in [0.1, 0.15) is 49.9 Å². The first-order chi connectivity index (χ1) is 16.1. The van der Waals surface area contributed by atoms with Crippen molar-refractivity contribution >= 4 is 10.0 Å². The predicted molar refractivity (Wildman–Crippen MR) is 133 cm³/mol. The van der Waals surface area contributed by atoms with Crippen molar-refractivity contribution in [3.05, 3.63) is 46.6 Å². The van der Waals surface area contributed by atoms with Gasteiger partial charge < -0.3 is 9.26 Å². The summed E-state index contributed by atoms with van der Waals surface area (Å²) in [5.41, 5.74) is 5.78. The fraction of sp³-hybridized carbons (Fsp3) is 0.480. The molecule has 3 rings (SSSR count). The van der Waals surface area contributed by atoms with Crippen LogP contribution in [-0.4, -0.2) is 42.4 Å². The van der Waals surface area contributed by atoms with Crippen molar-refractivity contribution in [3.8, 4) is 28.7 Å². The molecule has 8 nitrogen and oxygen atoms in total. The summed E-state index contributed by atoms with van der Waals surface area (Å²) in [6.07, 6.45) is 3.61. The van der Waals surface area contributed by atoms with Crippen LogP contribution in [0.4, 0.5) is 0 Å². The first-order valence-corrected chi connectivity index (χ1v) is 13.3. The Morgan fingerprint density at radius 2 is 1.85 bits per heavy atom. The van der Waals surface area contributed by atoms with Crippen LogP contribution in [0.3, 0.4) is 0 Å². The molecule has 2 heterocycles. The zero-order valence-electron chi connectivity index (χ0n) is 20.8. The third-order valence-electron chi connectivity index (χ3n) is 5.53. The maximum atomic E-state index is 11.6. The molecule has 1 aromatic carbocycles. The average molecular weight is 487 g/mol. The second kappa shape index (κ2) is 11.1. The van der Waals surface area contributed by atoms with Crippen LogP contribution in [0.25, 0.3) is 23.0 Å². The number of rotatable bonds is 11. The van der Waals surface area contributed by atoms with Gasteiger partial charge in [0.15, 0.2) is 0 Å². The van der Waals surface area contributed by atoms with Gasteiger partial charge in [0.2, 0.25) is 15.8 Å². The third-order valence-corrected chi connectivity index (χ3v) is 6.94. The van der Waals surface area contributed by atoms with Crippen molar-refractivity contribution in [2.24, 2.45) is 5.92 Å². The molecule has 3 aromatic rings. The molecule has 0 atom stereocenters. The highest BCUT2D eigenvalue weighted by Crippen LogP contribution is 2.31. The van der Waals surface area contributed by atoms with E-state index in [-0.39, 0.29) is 18.9 Å². The number of nitrogens with one attached hydrogen (secondary N) is 1. The van der Waals surface area contributed by atoms with E-state index in [1.165, 1.54) is 5.56 Å². The van der Waals surface area contributed by atoms with Gasteiger partial charge in [-0.1, -0.05) is 25.9 Å². The summed E-state index contributed by atoms with van der Waals surface area (Å²) in [7, 11) is -3.24. The minimum absolute atomic E-state index is 0.0464. The van der Waals surface area contributed by atoms with E-state index in [9.17, 15) is 8.42 Å². The van der Waals surface area contributed by atoms with Gasteiger partial charge in [-0.25, -0.2) is 13.1 Å². The van der Waals surface area contributed by atoms with E-state index >= 15 is 0 Å². The number of hydrogen-bond acceptors (Lipinski definition) is 7. The molecular formula is C25H34N4O4S. The maximum Gasteiger partial charge on any atom is 0.276 e. The average Bonchev–Trinajstić information content (AvgIpc) is 3.28. The molecule has 1 N–H and O–H groups in total. The molecule has 0 amide bonds. The lowest BCUT2D eigenvalue weighted by atomic mass is 10.0. The highest BCUT2D eigenvalue weighted by atomic mass is 32.2. The second-order valence-corrected chi connectivity index (χ2v) is 10.9. The Morgan fingerprint density at radius 1 is 1.09 bits per heavy atom. The van der Waals surface area contributed by atoms with E-state index < -0.39 is 10.0 Å². The van der Waals surface area contributed by atoms with Crippen LogP contribution in [-0.2, 0) is 22.9 Å². The second-order valence-electron chi connectivity index (χ2n) is 8.80. The third kappa shape index (κ3) is 6.42. The standard InChI is InChI=1S/C25H34N4O4S/c1-7-19-14-20(12-18(6)23(19)32-10-9-27-34(30,31)8-2)24-28-25(33-29-24)22-13-17(5)21(15-26-22)11-16(3)4/h12-16,27H,7-11H2,1-6H3. The smallest absolute Gasteiger partial charge is 0.276 e. The van der Waals surface area contributed by atoms with Crippen LogP contribution in [0.15, 0.2) is 28.9 Å². The topological polar surface area (TPSA) is 107 Å². The summed E-state index contributed by atoms with van der Waals surface area (Å²) in [5, 5.41) is 4.18. The van der Waals surface area contributed by atoms with Gasteiger partial charge in [0.1, 0.15) is 18.1 Å². The SMILES string of the molecule is CCc1cc(-c2noc(-c3cc(C)c(CC(C)C)cn3)n2)cc(C)c1OCCNS(=O)(=O)CC. The number of pyridine rings is 1. The molecule has 34 heavy (non-hydrogen) atoms. The van der Waals surface area contributed by atoms with Crippen LogP contribution < -0.4 is 9.46 Å². The van der Waals surface area contributed by atoms with Crippen molar-refractivity contribution in [2.45, 2.75) is 54.4 Å². The highest BCUT2D eigenvalue weighted by molar-refractivity contribution is 7.89. The van der Waals surface area contributed by atoms with Gasteiger partial charge in [0.25, 0.3) is 5.89 Å². The van der Waals surface area contributed by atoms with Gasteiger partial charge in [0.05, 0.1) is 5.75 Å². The van der Waals surface area contributed by atoms with Crippen molar-refractivity contribution in [1.29, 1.82) is 0 Å². The first-order valence-electron chi connectivity index (χ1n) is 11.7. The number of ether oxygens (including phenoxy) is 1. The molecule has 2 aromatic heterocycles. The van der Waals surface area contributed by atoms with Crippen LogP contribution in [0.5, 0.6) is 5.75 Å². The van der Waals surface area contributed by atoms with E-state index in [1.807, 2.05) is 38.2 Å². The Bertz CT molecular complexity index is 1240. The molecule has 0 unspecified atom stereocenters. The Kier molecular flexibility index (Phi) is 8.43. The maximum absolute atomic E-state index is 11.6. The normalized spacial score (nSPS) is 11.9. The van der Waals surface area contributed by atoms with Crippen molar-refractivity contribution in [1.82, 2.24) is 19.8 Å². The number of sulfonamides is 1. The van der Waals surface area contributed by atoms with Crippen molar-refractivity contribution in [3.63, 3.8) is 0 Å². The quantitative estimate of drug-likeness (QED) is 0.398. The van der Waals surface area contributed by atoms with Crippen LogP contribution in [0, 0.1) is 19.8 Å².